The van der Waals surface area contributed by atoms with E-state index in [9.17, 15) is 5.11 Å². The Kier molecular flexibility index (Phi) is 3.96. The van der Waals surface area contributed by atoms with Crippen molar-refractivity contribution in [2.24, 2.45) is 11.8 Å². The minimum absolute atomic E-state index is 0.579. The minimum Gasteiger partial charge on any atom is -0.389 e. The average molecular weight is 199 g/mol. The molecule has 2 unspecified atom stereocenters. The van der Waals surface area contributed by atoms with Gasteiger partial charge in [0, 0.05) is 12.6 Å². The second-order valence-corrected chi connectivity index (χ2v) is 5.81. The molecule has 1 rings (SSSR count). The Morgan fingerprint density at radius 3 is 2.07 bits per heavy atom. The molecule has 0 aromatic carbocycles. The molecule has 0 aromatic heterocycles. The third-order valence-electron chi connectivity index (χ3n) is 3.00. The first-order valence-corrected chi connectivity index (χ1v) is 5.82. The van der Waals surface area contributed by atoms with Crippen molar-refractivity contribution in [2.75, 3.05) is 6.54 Å². The van der Waals surface area contributed by atoms with Crippen LogP contribution in [-0.4, -0.2) is 23.3 Å². The van der Waals surface area contributed by atoms with Crippen molar-refractivity contribution >= 4 is 0 Å². The summed E-state index contributed by atoms with van der Waals surface area (Å²) in [5.41, 5.74) is -0.579. The zero-order valence-electron chi connectivity index (χ0n) is 10.0. The van der Waals surface area contributed by atoms with Gasteiger partial charge in [0.1, 0.15) is 0 Å². The van der Waals surface area contributed by atoms with Crippen LogP contribution in [0.2, 0.25) is 0 Å². The van der Waals surface area contributed by atoms with E-state index in [1.165, 1.54) is 19.3 Å². The van der Waals surface area contributed by atoms with Gasteiger partial charge in [0.2, 0.25) is 0 Å². The van der Waals surface area contributed by atoms with E-state index in [4.69, 9.17) is 0 Å². The molecule has 2 nitrogen and oxygen atoms in total. The van der Waals surface area contributed by atoms with E-state index < -0.39 is 5.60 Å². The lowest BCUT2D eigenvalue weighted by Crippen LogP contribution is -2.43. The lowest BCUT2D eigenvalue weighted by Gasteiger charge is -2.33. The molecular formula is C12H25NO. The molecule has 0 radical (unpaired) electrons. The third kappa shape index (κ3) is 4.43. The molecule has 0 bridgehead atoms. The SMILES string of the molecule is CC1CC(C)CC(NCC(C)(C)O)C1. The van der Waals surface area contributed by atoms with Crippen molar-refractivity contribution < 1.29 is 5.11 Å². The van der Waals surface area contributed by atoms with Crippen LogP contribution in [-0.2, 0) is 0 Å². The van der Waals surface area contributed by atoms with Gasteiger partial charge in [-0.25, -0.2) is 0 Å². The maximum absolute atomic E-state index is 9.62. The molecule has 0 heterocycles. The molecule has 0 aromatic rings. The molecule has 0 aliphatic heterocycles. The van der Waals surface area contributed by atoms with Gasteiger partial charge in [-0.3, -0.25) is 0 Å². The van der Waals surface area contributed by atoms with Gasteiger partial charge in [-0.05, 0) is 44.9 Å². The number of aliphatic hydroxyl groups is 1. The third-order valence-corrected chi connectivity index (χ3v) is 3.00. The highest BCUT2D eigenvalue weighted by molar-refractivity contribution is 4.81. The van der Waals surface area contributed by atoms with Gasteiger partial charge in [-0.15, -0.1) is 0 Å². The second-order valence-electron chi connectivity index (χ2n) is 5.81. The summed E-state index contributed by atoms with van der Waals surface area (Å²) in [6.45, 7) is 9.07. The van der Waals surface area contributed by atoms with Gasteiger partial charge in [0.25, 0.3) is 0 Å². The topological polar surface area (TPSA) is 32.3 Å². The van der Waals surface area contributed by atoms with Crippen molar-refractivity contribution in [2.45, 2.75) is 58.6 Å². The first-order chi connectivity index (χ1) is 6.37. The van der Waals surface area contributed by atoms with Gasteiger partial charge >= 0.3 is 0 Å². The quantitative estimate of drug-likeness (QED) is 0.730. The molecule has 0 saturated heterocycles. The molecule has 1 aliphatic carbocycles. The van der Waals surface area contributed by atoms with Crippen LogP contribution >= 0.6 is 0 Å². The average Bonchev–Trinajstić information content (AvgIpc) is 1.97. The standard InChI is InChI=1S/C12H25NO/c1-9-5-10(2)7-11(6-9)13-8-12(3,4)14/h9-11,13-14H,5-8H2,1-4H3. The van der Waals surface area contributed by atoms with Gasteiger partial charge < -0.3 is 10.4 Å². The fourth-order valence-corrected chi connectivity index (χ4v) is 2.51. The Balaban J connectivity index is 2.30. The molecule has 0 spiro atoms. The Labute approximate surface area is 88.1 Å². The van der Waals surface area contributed by atoms with Crippen LogP contribution in [0, 0.1) is 11.8 Å². The summed E-state index contributed by atoms with van der Waals surface area (Å²) < 4.78 is 0. The largest absolute Gasteiger partial charge is 0.389 e. The smallest absolute Gasteiger partial charge is 0.0715 e. The van der Waals surface area contributed by atoms with Crippen molar-refractivity contribution in [3.05, 3.63) is 0 Å². The normalized spacial score (nSPS) is 34.5. The fourth-order valence-electron chi connectivity index (χ4n) is 2.51. The maximum Gasteiger partial charge on any atom is 0.0715 e. The number of nitrogens with one attached hydrogen (secondary N) is 1. The highest BCUT2D eigenvalue weighted by atomic mass is 16.3. The van der Waals surface area contributed by atoms with Gasteiger partial charge in [0.05, 0.1) is 5.60 Å². The van der Waals surface area contributed by atoms with Crippen molar-refractivity contribution in [1.29, 1.82) is 0 Å². The lowest BCUT2D eigenvalue weighted by molar-refractivity contribution is 0.0713. The molecule has 1 fully saturated rings. The molecule has 1 saturated carbocycles. The Bertz CT molecular complexity index is 164. The van der Waals surface area contributed by atoms with E-state index >= 15 is 0 Å². The van der Waals surface area contributed by atoms with Crippen LogP contribution in [0.25, 0.3) is 0 Å². The van der Waals surface area contributed by atoms with Crippen LogP contribution in [0.15, 0.2) is 0 Å². The van der Waals surface area contributed by atoms with Gasteiger partial charge in [0.15, 0.2) is 0 Å². The summed E-state index contributed by atoms with van der Waals surface area (Å²) >= 11 is 0. The lowest BCUT2D eigenvalue weighted by atomic mass is 9.80. The Hall–Kier alpha value is -0.0800. The van der Waals surface area contributed by atoms with Crippen LogP contribution in [0.3, 0.4) is 0 Å². The first-order valence-electron chi connectivity index (χ1n) is 5.82. The summed E-state index contributed by atoms with van der Waals surface area (Å²) in [5.74, 6) is 1.66. The second kappa shape index (κ2) is 4.63. The van der Waals surface area contributed by atoms with E-state index in [-0.39, 0.29) is 0 Å². The molecule has 0 amide bonds. The van der Waals surface area contributed by atoms with Gasteiger partial charge in [-0.2, -0.15) is 0 Å². The van der Waals surface area contributed by atoms with Crippen LogP contribution < -0.4 is 5.32 Å². The van der Waals surface area contributed by atoms with E-state index in [0.29, 0.717) is 12.6 Å². The molecular weight excluding hydrogens is 174 g/mol. The highest BCUT2D eigenvalue weighted by Crippen LogP contribution is 2.28. The number of hydrogen-bond acceptors (Lipinski definition) is 2. The van der Waals surface area contributed by atoms with E-state index in [1.807, 2.05) is 13.8 Å². The minimum atomic E-state index is -0.579. The van der Waals surface area contributed by atoms with Crippen LogP contribution in [0.1, 0.15) is 47.0 Å². The van der Waals surface area contributed by atoms with E-state index in [0.717, 1.165) is 11.8 Å². The van der Waals surface area contributed by atoms with E-state index in [2.05, 4.69) is 19.2 Å². The molecule has 84 valence electrons. The monoisotopic (exact) mass is 199 g/mol. The molecule has 1 aliphatic rings. The fraction of sp³-hybridized carbons (Fsp3) is 1.00. The summed E-state index contributed by atoms with van der Waals surface area (Å²) in [6.07, 6.45) is 3.89. The predicted molar refractivity (Wildman–Crippen MR) is 60.3 cm³/mol. The molecule has 2 heteroatoms. The number of hydrogen-bond donors (Lipinski definition) is 2. The van der Waals surface area contributed by atoms with Gasteiger partial charge in [-0.1, -0.05) is 13.8 Å². The predicted octanol–water partition coefficient (Wildman–Crippen LogP) is 2.17. The summed E-state index contributed by atoms with van der Waals surface area (Å²) in [7, 11) is 0. The zero-order valence-corrected chi connectivity index (χ0v) is 10.0. The summed E-state index contributed by atoms with van der Waals surface area (Å²) in [4.78, 5) is 0. The zero-order chi connectivity index (χ0) is 10.8. The van der Waals surface area contributed by atoms with Crippen LogP contribution in [0.5, 0.6) is 0 Å². The van der Waals surface area contributed by atoms with Crippen molar-refractivity contribution in [3.8, 4) is 0 Å². The Morgan fingerprint density at radius 2 is 1.64 bits per heavy atom. The highest BCUT2D eigenvalue weighted by Gasteiger charge is 2.24. The summed E-state index contributed by atoms with van der Waals surface area (Å²) in [5, 5.41) is 13.1. The maximum atomic E-state index is 9.62. The Morgan fingerprint density at radius 1 is 1.14 bits per heavy atom. The summed E-state index contributed by atoms with van der Waals surface area (Å²) in [6, 6.07) is 0.611. The molecule has 2 N–H and O–H groups in total. The number of rotatable bonds is 3. The first kappa shape index (κ1) is 12.0. The molecule has 2 atom stereocenters. The van der Waals surface area contributed by atoms with Crippen LogP contribution in [0.4, 0.5) is 0 Å². The van der Waals surface area contributed by atoms with E-state index in [1.54, 1.807) is 0 Å². The van der Waals surface area contributed by atoms with Crippen molar-refractivity contribution in [3.63, 3.8) is 0 Å². The molecule has 14 heavy (non-hydrogen) atoms. The van der Waals surface area contributed by atoms with Crippen molar-refractivity contribution in [1.82, 2.24) is 5.32 Å².